The molecule has 2 atom stereocenters. The number of anilines is 1. The quantitative estimate of drug-likeness (QED) is 0.827. The molecular formula is C19H19F3N4O. The summed E-state index contributed by atoms with van der Waals surface area (Å²) in [6.45, 7) is 3.27. The van der Waals surface area contributed by atoms with Gasteiger partial charge in [0, 0.05) is 24.8 Å². The van der Waals surface area contributed by atoms with Crippen molar-refractivity contribution in [3.05, 3.63) is 53.5 Å². The Morgan fingerprint density at radius 3 is 2.59 bits per heavy atom. The van der Waals surface area contributed by atoms with Gasteiger partial charge >= 0.3 is 6.18 Å². The predicted molar refractivity (Wildman–Crippen MR) is 93.2 cm³/mol. The maximum absolute atomic E-state index is 12.9. The van der Waals surface area contributed by atoms with Crippen LogP contribution < -0.4 is 4.90 Å². The minimum Gasteiger partial charge on any atom is -0.352 e. The summed E-state index contributed by atoms with van der Waals surface area (Å²) in [7, 11) is 0. The van der Waals surface area contributed by atoms with Crippen LogP contribution in [0, 0.1) is 6.92 Å². The number of alkyl halides is 3. The molecule has 8 heteroatoms. The van der Waals surface area contributed by atoms with Crippen molar-refractivity contribution in [1.82, 2.24) is 14.9 Å². The summed E-state index contributed by atoms with van der Waals surface area (Å²) >= 11 is 0. The Morgan fingerprint density at radius 1 is 1.19 bits per heavy atom. The number of halogens is 3. The van der Waals surface area contributed by atoms with Gasteiger partial charge in [-0.3, -0.25) is 4.79 Å². The number of rotatable bonds is 3. The van der Waals surface area contributed by atoms with E-state index >= 15 is 0 Å². The summed E-state index contributed by atoms with van der Waals surface area (Å²) in [5.74, 6) is 0.733. The largest absolute Gasteiger partial charge is 0.416 e. The fourth-order valence-corrected chi connectivity index (χ4v) is 3.94. The molecule has 1 aromatic heterocycles. The summed E-state index contributed by atoms with van der Waals surface area (Å²) in [5, 5.41) is 0. The minimum atomic E-state index is -4.40. The first-order valence-electron chi connectivity index (χ1n) is 8.82. The van der Waals surface area contributed by atoms with Crippen LogP contribution in [-0.4, -0.2) is 45.9 Å². The zero-order valence-electron chi connectivity index (χ0n) is 14.8. The Hall–Kier alpha value is -2.64. The lowest BCUT2D eigenvalue weighted by Crippen LogP contribution is -2.70. The number of piperazine rings is 1. The molecule has 0 aliphatic carbocycles. The van der Waals surface area contributed by atoms with Crippen LogP contribution in [-0.2, 0) is 17.4 Å². The lowest BCUT2D eigenvalue weighted by molar-refractivity contribution is -0.145. The Balaban J connectivity index is 1.42. The predicted octanol–water partition coefficient (Wildman–Crippen LogP) is 2.84. The third-order valence-corrected chi connectivity index (χ3v) is 5.20. The molecule has 3 fully saturated rings. The molecule has 27 heavy (non-hydrogen) atoms. The normalized spacial score (nSPS) is 21.8. The van der Waals surface area contributed by atoms with Crippen LogP contribution in [0.4, 0.5) is 19.0 Å². The van der Waals surface area contributed by atoms with E-state index in [-0.39, 0.29) is 24.4 Å². The van der Waals surface area contributed by atoms with Crippen molar-refractivity contribution in [1.29, 1.82) is 0 Å². The highest BCUT2D eigenvalue weighted by atomic mass is 19.4. The van der Waals surface area contributed by atoms with Crippen molar-refractivity contribution in [3.8, 4) is 0 Å². The van der Waals surface area contributed by atoms with E-state index in [0.717, 1.165) is 30.1 Å². The first kappa shape index (κ1) is 17.8. The standard InChI is InChI=1S/C19H19F3N4O/c1-12-5-17(24-11-23-12)25-9-15-8-16(10-25)26(15)18(27)7-13-3-2-4-14(6-13)19(20,21)22/h2-6,11,15-16H,7-10H2,1H3. The molecule has 5 rings (SSSR count). The monoisotopic (exact) mass is 376 g/mol. The maximum atomic E-state index is 12.9. The lowest BCUT2D eigenvalue weighted by atomic mass is 9.86. The molecule has 0 saturated carbocycles. The van der Waals surface area contributed by atoms with E-state index < -0.39 is 11.7 Å². The molecule has 1 amide bonds. The highest BCUT2D eigenvalue weighted by molar-refractivity contribution is 5.81. The molecule has 2 aromatic rings. The van der Waals surface area contributed by atoms with Gasteiger partial charge in [0.1, 0.15) is 12.1 Å². The van der Waals surface area contributed by atoms with E-state index in [2.05, 4.69) is 14.9 Å². The molecule has 2 bridgehead atoms. The van der Waals surface area contributed by atoms with Gasteiger partial charge in [0.15, 0.2) is 0 Å². The number of hydrogen-bond donors (Lipinski definition) is 0. The number of carbonyl (C=O) groups is 1. The number of piperidine rings is 1. The fraction of sp³-hybridized carbons (Fsp3) is 0.421. The van der Waals surface area contributed by atoms with Crippen molar-refractivity contribution in [2.24, 2.45) is 0 Å². The van der Waals surface area contributed by atoms with Gasteiger partial charge in [-0.1, -0.05) is 18.2 Å². The van der Waals surface area contributed by atoms with E-state index in [1.807, 2.05) is 17.9 Å². The fourth-order valence-electron chi connectivity index (χ4n) is 3.94. The molecule has 1 aromatic carbocycles. The lowest BCUT2D eigenvalue weighted by Gasteiger charge is -2.56. The van der Waals surface area contributed by atoms with Crippen molar-refractivity contribution in [2.75, 3.05) is 18.0 Å². The number of hydrogen-bond acceptors (Lipinski definition) is 4. The molecule has 3 aliphatic heterocycles. The number of carbonyl (C=O) groups excluding carboxylic acids is 1. The molecule has 2 unspecified atom stereocenters. The average molecular weight is 376 g/mol. The summed E-state index contributed by atoms with van der Waals surface area (Å²) in [5.41, 5.74) is 0.557. The van der Waals surface area contributed by atoms with E-state index in [9.17, 15) is 18.0 Å². The summed E-state index contributed by atoms with van der Waals surface area (Å²) < 4.78 is 38.6. The van der Waals surface area contributed by atoms with Crippen LogP contribution in [0.25, 0.3) is 0 Å². The van der Waals surface area contributed by atoms with Gasteiger partial charge in [0.05, 0.1) is 24.1 Å². The Morgan fingerprint density at radius 2 is 1.93 bits per heavy atom. The van der Waals surface area contributed by atoms with Gasteiger partial charge in [0.25, 0.3) is 0 Å². The smallest absolute Gasteiger partial charge is 0.352 e. The first-order valence-corrected chi connectivity index (χ1v) is 8.82. The molecule has 3 aliphatic rings. The van der Waals surface area contributed by atoms with E-state index in [0.29, 0.717) is 18.7 Å². The van der Waals surface area contributed by atoms with Gasteiger partial charge in [-0.15, -0.1) is 0 Å². The zero-order valence-corrected chi connectivity index (χ0v) is 14.8. The number of aryl methyl sites for hydroxylation is 1. The third-order valence-electron chi connectivity index (χ3n) is 5.20. The van der Waals surface area contributed by atoms with Crippen LogP contribution in [0.2, 0.25) is 0 Å². The summed E-state index contributed by atoms with van der Waals surface area (Å²) in [4.78, 5) is 25.0. The van der Waals surface area contributed by atoms with Crippen molar-refractivity contribution < 1.29 is 18.0 Å². The minimum absolute atomic E-state index is 0.0104. The summed E-state index contributed by atoms with van der Waals surface area (Å²) in [6.07, 6.45) is -1.96. The van der Waals surface area contributed by atoms with Crippen molar-refractivity contribution >= 4 is 11.7 Å². The highest BCUT2D eigenvalue weighted by Gasteiger charge is 2.47. The second-order valence-corrected chi connectivity index (χ2v) is 7.14. The van der Waals surface area contributed by atoms with Crippen LogP contribution in [0.3, 0.4) is 0 Å². The number of benzene rings is 1. The van der Waals surface area contributed by atoms with Crippen LogP contribution in [0.1, 0.15) is 23.2 Å². The first-order chi connectivity index (χ1) is 12.8. The number of fused-ring (bicyclic) bond motifs is 2. The zero-order chi connectivity index (χ0) is 19.2. The van der Waals surface area contributed by atoms with Gasteiger partial charge < -0.3 is 9.80 Å². The van der Waals surface area contributed by atoms with Gasteiger partial charge in [-0.25, -0.2) is 9.97 Å². The SMILES string of the molecule is Cc1cc(N2CC3CC(C2)N3C(=O)Cc2cccc(C(F)(F)F)c2)ncn1. The van der Waals surface area contributed by atoms with Gasteiger partial charge in [-0.2, -0.15) is 13.2 Å². The molecule has 4 heterocycles. The van der Waals surface area contributed by atoms with E-state index in [1.54, 1.807) is 6.07 Å². The van der Waals surface area contributed by atoms with E-state index in [1.165, 1.54) is 12.4 Å². The van der Waals surface area contributed by atoms with Gasteiger partial charge in [-0.05, 0) is 25.0 Å². The van der Waals surface area contributed by atoms with Crippen LogP contribution >= 0.6 is 0 Å². The van der Waals surface area contributed by atoms with Crippen molar-refractivity contribution in [2.45, 2.75) is 38.0 Å². The summed E-state index contributed by atoms with van der Waals surface area (Å²) in [6, 6.07) is 7.08. The second-order valence-electron chi connectivity index (χ2n) is 7.14. The molecule has 142 valence electrons. The number of amides is 1. The maximum Gasteiger partial charge on any atom is 0.416 e. The number of nitrogens with zero attached hydrogens (tertiary/aromatic N) is 4. The van der Waals surface area contributed by atoms with Crippen LogP contribution in [0.5, 0.6) is 0 Å². The molecule has 3 saturated heterocycles. The molecule has 0 spiro atoms. The second kappa shape index (κ2) is 6.51. The number of aromatic nitrogens is 2. The van der Waals surface area contributed by atoms with E-state index in [4.69, 9.17) is 0 Å². The Bertz CT molecular complexity index is 858. The topological polar surface area (TPSA) is 49.3 Å². The Labute approximate surface area is 154 Å². The van der Waals surface area contributed by atoms with Crippen LogP contribution in [0.15, 0.2) is 36.7 Å². The highest BCUT2D eigenvalue weighted by Crippen LogP contribution is 2.35. The molecule has 0 N–H and O–H groups in total. The average Bonchev–Trinajstić information content (AvgIpc) is 2.61. The third kappa shape index (κ3) is 3.48. The Kier molecular flexibility index (Phi) is 4.28. The molecule has 0 radical (unpaired) electrons. The van der Waals surface area contributed by atoms with Crippen molar-refractivity contribution in [3.63, 3.8) is 0 Å². The molecule has 5 nitrogen and oxygen atoms in total. The molecular weight excluding hydrogens is 357 g/mol. The van der Waals surface area contributed by atoms with Gasteiger partial charge in [0.2, 0.25) is 5.91 Å².